The number of carbonyl (C=O) groups excluding carboxylic acids is 1. The van der Waals surface area contributed by atoms with E-state index in [1.807, 2.05) is 31.2 Å². The van der Waals surface area contributed by atoms with E-state index in [1.54, 1.807) is 31.2 Å². The van der Waals surface area contributed by atoms with Crippen molar-refractivity contribution in [1.29, 1.82) is 0 Å². The number of benzene rings is 2. The average Bonchev–Trinajstić information content (AvgIpc) is 3.21. The Kier molecular flexibility index (Phi) is 4.90. The van der Waals surface area contributed by atoms with Gasteiger partial charge in [0, 0.05) is 17.5 Å². The number of aromatic nitrogens is 4. The summed E-state index contributed by atoms with van der Waals surface area (Å²) in [5.74, 6) is -0.0685. The maximum atomic E-state index is 12.7. The molecule has 0 spiro atoms. The van der Waals surface area contributed by atoms with E-state index in [-0.39, 0.29) is 23.8 Å². The summed E-state index contributed by atoms with van der Waals surface area (Å²) >= 11 is 0. The van der Waals surface area contributed by atoms with E-state index in [0.717, 1.165) is 11.1 Å². The van der Waals surface area contributed by atoms with Crippen LogP contribution in [0, 0.1) is 6.92 Å². The Labute approximate surface area is 165 Å². The van der Waals surface area contributed by atoms with Crippen LogP contribution < -0.4 is 5.56 Å². The van der Waals surface area contributed by atoms with Crippen molar-refractivity contribution in [1.82, 2.24) is 19.9 Å². The van der Waals surface area contributed by atoms with Crippen LogP contribution in [0.15, 0.2) is 57.8 Å². The SMILES string of the molecule is CCn1nc(C(=O)OCc2nc(-c3ccccc3C)no2)c2ccccc2c1=O. The molecule has 0 radical (unpaired) electrons. The molecule has 146 valence electrons. The number of hydrogen-bond acceptors (Lipinski definition) is 7. The number of fused-ring (bicyclic) bond motifs is 1. The molecule has 4 rings (SSSR count). The van der Waals surface area contributed by atoms with Crippen LogP contribution in [-0.4, -0.2) is 25.9 Å². The third-order valence-corrected chi connectivity index (χ3v) is 4.54. The number of ether oxygens (including phenoxy) is 1. The van der Waals surface area contributed by atoms with Crippen molar-refractivity contribution in [3.05, 3.63) is 76.0 Å². The molecular weight excluding hydrogens is 372 g/mol. The maximum absolute atomic E-state index is 12.7. The third-order valence-electron chi connectivity index (χ3n) is 4.54. The molecule has 8 nitrogen and oxygen atoms in total. The first-order valence-electron chi connectivity index (χ1n) is 9.14. The van der Waals surface area contributed by atoms with E-state index in [2.05, 4.69) is 15.2 Å². The summed E-state index contributed by atoms with van der Waals surface area (Å²) < 4.78 is 11.8. The number of esters is 1. The summed E-state index contributed by atoms with van der Waals surface area (Å²) in [6, 6.07) is 14.5. The Morgan fingerprint density at radius 1 is 1.10 bits per heavy atom. The smallest absolute Gasteiger partial charge is 0.359 e. The Hall–Kier alpha value is -3.81. The van der Waals surface area contributed by atoms with E-state index >= 15 is 0 Å². The molecule has 0 aliphatic rings. The molecule has 0 unspecified atom stereocenters. The lowest BCUT2D eigenvalue weighted by atomic mass is 10.1. The van der Waals surface area contributed by atoms with Crippen molar-refractivity contribution in [3.63, 3.8) is 0 Å². The zero-order valence-corrected chi connectivity index (χ0v) is 16.0. The van der Waals surface area contributed by atoms with Crippen molar-refractivity contribution in [2.75, 3.05) is 0 Å². The molecule has 0 saturated heterocycles. The van der Waals surface area contributed by atoms with Gasteiger partial charge in [0.05, 0.1) is 5.39 Å². The summed E-state index contributed by atoms with van der Waals surface area (Å²) in [5.41, 5.74) is 1.67. The van der Waals surface area contributed by atoms with Gasteiger partial charge in [-0.15, -0.1) is 0 Å². The molecule has 0 bridgehead atoms. The van der Waals surface area contributed by atoms with Crippen molar-refractivity contribution in [2.45, 2.75) is 27.0 Å². The normalized spacial score (nSPS) is 11.0. The van der Waals surface area contributed by atoms with Crippen LogP contribution in [0.4, 0.5) is 0 Å². The molecule has 8 heteroatoms. The summed E-state index contributed by atoms with van der Waals surface area (Å²) in [7, 11) is 0. The number of carbonyl (C=O) groups is 1. The van der Waals surface area contributed by atoms with Crippen LogP contribution in [0.3, 0.4) is 0 Å². The summed E-state index contributed by atoms with van der Waals surface area (Å²) in [6.45, 7) is 3.88. The van der Waals surface area contributed by atoms with Gasteiger partial charge in [-0.05, 0) is 25.5 Å². The molecule has 0 fully saturated rings. The molecule has 0 aliphatic heterocycles. The van der Waals surface area contributed by atoms with Crippen LogP contribution in [0.2, 0.25) is 0 Å². The minimum absolute atomic E-state index is 0.0701. The Morgan fingerprint density at radius 3 is 2.59 bits per heavy atom. The van der Waals surface area contributed by atoms with Crippen LogP contribution in [0.5, 0.6) is 0 Å². The fraction of sp³-hybridized carbons (Fsp3) is 0.190. The lowest BCUT2D eigenvalue weighted by Crippen LogP contribution is -2.25. The number of rotatable bonds is 5. The molecule has 2 aromatic carbocycles. The molecule has 0 N–H and O–H groups in total. The fourth-order valence-corrected chi connectivity index (χ4v) is 3.04. The molecule has 2 heterocycles. The lowest BCUT2D eigenvalue weighted by molar-refractivity contribution is 0.0422. The van der Waals surface area contributed by atoms with Gasteiger partial charge in [0.2, 0.25) is 5.82 Å². The first-order valence-corrected chi connectivity index (χ1v) is 9.14. The second kappa shape index (κ2) is 7.67. The molecule has 29 heavy (non-hydrogen) atoms. The standard InChI is InChI=1S/C21H18N4O4/c1-3-25-20(26)16-11-7-6-10-15(16)18(23-25)21(27)28-12-17-22-19(24-29-17)14-9-5-4-8-13(14)2/h4-11H,3,12H2,1-2H3. The summed E-state index contributed by atoms with van der Waals surface area (Å²) in [5, 5.41) is 8.96. The van der Waals surface area contributed by atoms with Crippen molar-refractivity contribution in [2.24, 2.45) is 0 Å². The van der Waals surface area contributed by atoms with Gasteiger partial charge in [-0.2, -0.15) is 10.1 Å². The summed E-state index contributed by atoms with van der Waals surface area (Å²) in [4.78, 5) is 29.3. The van der Waals surface area contributed by atoms with E-state index in [1.165, 1.54) is 4.68 Å². The Balaban J connectivity index is 1.58. The molecule has 0 atom stereocenters. The monoisotopic (exact) mass is 390 g/mol. The first-order chi connectivity index (χ1) is 14.1. The van der Waals surface area contributed by atoms with Crippen molar-refractivity contribution < 1.29 is 14.1 Å². The van der Waals surface area contributed by atoms with Gasteiger partial charge in [0.1, 0.15) is 0 Å². The van der Waals surface area contributed by atoms with Crippen LogP contribution in [0.1, 0.15) is 28.9 Å². The van der Waals surface area contributed by atoms with Gasteiger partial charge in [-0.1, -0.05) is 47.6 Å². The van der Waals surface area contributed by atoms with E-state index in [9.17, 15) is 9.59 Å². The van der Waals surface area contributed by atoms with Gasteiger partial charge in [-0.25, -0.2) is 9.48 Å². The molecule has 4 aromatic rings. The molecule has 0 aliphatic carbocycles. The van der Waals surface area contributed by atoms with Crippen molar-refractivity contribution in [3.8, 4) is 11.4 Å². The zero-order chi connectivity index (χ0) is 20.4. The highest BCUT2D eigenvalue weighted by atomic mass is 16.6. The minimum atomic E-state index is -0.668. The van der Waals surface area contributed by atoms with Gasteiger partial charge in [0.25, 0.3) is 11.4 Å². The van der Waals surface area contributed by atoms with Crippen LogP contribution in [0.25, 0.3) is 22.2 Å². The summed E-state index contributed by atoms with van der Waals surface area (Å²) in [6.07, 6.45) is 0. The Bertz CT molecular complexity index is 1260. The topological polar surface area (TPSA) is 100 Å². The van der Waals surface area contributed by atoms with Gasteiger partial charge >= 0.3 is 5.97 Å². The average molecular weight is 390 g/mol. The van der Waals surface area contributed by atoms with Crippen LogP contribution >= 0.6 is 0 Å². The van der Waals surface area contributed by atoms with Gasteiger partial charge in [0.15, 0.2) is 12.3 Å². The van der Waals surface area contributed by atoms with Crippen molar-refractivity contribution >= 4 is 16.7 Å². The predicted octanol–water partition coefficient (Wildman–Crippen LogP) is 3.13. The second-order valence-electron chi connectivity index (χ2n) is 6.42. The highest BCUT2D eigenvalue weighted by Crippen LogP contribution is 2.20. The minimum Gasteiger partial charge on any atom is -0.451 e. The third kappa shape index (κ3) is 3.52. The highest BCUT2D eigenvalue weighted by molar-refractivity contribution is 6.02. The molecule has 2 aromatic heterocycles. The number of nitrogens with zero attached hydrogens (tertiary/aromatic N) is 4. The van der Waals surface area contributed by atoms with E-state index in [4.69, 9.17) is 9.26 Å². The zero-order valence-electron chi connectivity index (χ0n) is 16.0. The maximum Gasteiger partial charge on any atom is 0.359 e. The molecular formula is C21H18N4O4. The lowest BCUT2D eigenvalue weighted by Gasteiger charge is -2.08. The fourth-order valence-electron chi connectivity index (χ4n) is 3.04. The molecule has 0 saturated carbocycles. The largest absolute Gasteiger partial charge is 0.451 e. The second-order valence-corrected chi connectivity index (χ2v) is 6.42. The van der Waals surface area contributed by atoms with Gasteiger partial charge in [-0.3, -0.25) is 4.79 Å². The van der Waals surface area contributed by atoms with E-state index < -0.39 is 5.97 Å². The number of aryl methyl sites for hydroxylation is 2. The number of hydrogen-bond donors (Lipinski definition) is 0. The first kappa shape index (κ1) is 18.5. The van der Waals surface area contributed by atoms with Crippen LogP contribution in [-0.2, 0) is 17.9 Å². The Morgan fingerprint density at radius 2 is 1.83 bits per heavy atom. The highest BCUT2D eigenvalue weighted by Gasteiger charge is 2.19. The van der Waals surface area contributed by atoms with Gasteiger partial charge < -0.3 is 9.26 Å². The van der Waals surface area contributed by atoms with E-state index in [0.29, 0.717) is 23.1 Å². The molecule has 0 amide bonds. The quantitative estimate of drug-likeness (QED) is 0.483. The predicted molar refractivity (Wildman–Crippen MR) is 105 cm³/mol.